The zero-order chi connectivity index (χ0) is 15.6. The van der Waals surface area contributed by atoms with Crippen molar-refractivity contribution >= 4 is 23.8 Å². The summed E-state index contributed by atoms with van der Waals surface area (Å²) in [5.74, 6) is -5.07. The van der Waals surface area contributed by atoms with Crippen LogP contribution in [0.5, 0.6) is 5.75 Å². The van der Waals surface area contributed by atoms with Crippen molar-refractivity contribution < 1.29 is 23.1 Å². The molecular weight excluding hydrogens is 304 g/mol. The number of rotatable bonds is 4. The molecule has 1 amide bonds. The van der Waals surface area contributed by atoms with E-state index in [4.69, 9.17) is 16.3 Å². The summed E-state index contributed by atoms with van der Waals surface area (Å²) in [6.45, 7) is 0.630. The van der Waals surface area contributed by atoms with E-state index in [1.807, 2.05) is 0 Å². The number of benzene rings is 1. The number of hydrogen-bond acceptors (Lipinski definition) is 3. The van der Waals surface area contributed by atoms with Gasteiger partial charge in [-0.15, -0.1) is 0 Å². The van der Waals surface area contributed by atoms with Gasteiger partial charge in [-0.2, -0.15) is 8.78 Å². The second-order valence-electron chi connectivity index (χ2n) is 4.77. The van der Waals surface area contributed by atoms with Gasteiger partial charge in [-0.05, 0) is 25.0 Å². The summed E-state index contributed by atoms with van der Waals surface area (Å²) in [7, 11) is 1.25. The summed E-state index contributed by atoms with van der Waals surface area (Å²) in [6, 6.07) is 2.02. The van der Waals surface area contributed by atoms with Gasteiger partial charge in [-0.3, -0.25) is 9.59 Å². The van der Waals surface area contributed by atoms with Gasteiger partial charge in [0.2, 0.25) is 0 Å². The Bertz CT molecular complexity index is 572. The summed E-state index contributed by atoms with van der Waals surface area (Å²) in [5, 5.41) is -0.338. The summed E-state index contributed by atoms with van der Waals surface area (Å²) < 4.78 is 33.7. The van der Waals surface area contributed by atoms with E-state index in [0.29, 0.717) is 32.2 Å². The predicted molar refractivity (Wildman–Crippen MR) is 73.1 cm³/mol. The lowest BCUT2D eigenvalue weighted by molar-refractivity contribution is -0.157. The van der Waals surface area contributed by atoms with Crippen LogP contribution in [-0.4, -0.2) is 37.3 Å². The molecule has 1 aliphatic heterocycles. The molecule has 0 radical (unpaired) electrons. The van der Waals surface area contributed by atoms with Gasteiger partial charge in [0, 0.05) is 13.1 Å². The van der Waals surface area contributed by atoms with Crippen LogP contribution in [0, 0.1) is 0 Å². The topological polar surface area (TPSA) is 46.6 Å². The third kappa shape index (κ3) is 2.85. The molecule has 21 heavy (non-hydrogen) atoms. The number of carbonyl (C=O) groups excluding carboxylic acids is 2. The molecule has 1 aliphatic rings. The van der Waals surface area contributed by atoms with E-state index in [1.165, 1.54) is 7.11 Å². The highest BCUT2D eigenvalue weighted by atomic mass is 35.5. The van der Waals surface area contributed by atoms with Crippen LogP contribution < -0.4 is 4.74 Å². The number of aldehydes is 1. The lowest BCUT2D eigenvalue weighted by Crippen LogP contribution is -2.40. The molecular formula is C14H14ClF2NO3. The van der Waals surface area contributed by atoms with Crippen molar-refractivity contribution in [2.75, 3.05) is 20.2 Å². The van der Waals surface area contributed by atoms with Gasteiger partial charge < -0.3 is 9.64 Å². The van der Waals surface area contributed by atoms with Crippen LogP contribution in [0.4, 0.5) is 8.78 Å². The number of hydrogen-bond donors (Lipinski definition) is 0. The Hall–Kier alpha value is -1.69. The van der Waals surface area contributed by atoms with Crippen LogP contribution in [-0.2, 0) is 10.7 Å². The first-order chi connectivity index (χ1) is 9.91. The number of carbonyl (C=O) groups is 2. The molecule has 0 saturated carbocycles. The number of alkyl halides is 2. The fraction of sp³-hybridized carbons (Fsp3) is 0.429. The third-order valence-electron chi connectivity index (χ3n) is 3.45. The zero-order valence-corrected chi connectivity index (χ0v) is 12.1. The molecule has 1 heterocycles. The molecule has 4 nitrogen and oxygen atoms in total. The highest BCUT2D eigenvalue weighted by molar-refractivity contribution is 6.32. The molecule has 0 bridgehead atoms. The molecule has 0 atom stereocenters. The van der Waals surface area contributed by atoms with Crippen LogP contribution in [0.25, 0.3) is 0 Å². The van der Waals surface area contributed by atoms with Crippen molar-refractivity contribution in [2.45, 2.75) is 18.8 Å². The molecule has 1 saturated heterocycles. The SMILES string of the molecule is COc1cc(C(F)(F)C(=O)N2CCCC2)c(Cl)cc1C=O. The van der Waals surface area contributed by atoms with E-state index in [-0.39, 0.29) is 16.3 Å². The Labute approximate surface area is 125 Å². The molecule has 2 rings (SSSR count). The van der Waals surface area contributed by atoms with Gasteiger partial charge in [0.05, 0.1) is 23.3 Å². The van der Waals surface area contributed by atoms with Crippen molar-refractivity contribution in [3.05, 3.63) is 28.3 Å². The van der Waals surface area contributed by atoms with E-state index in [9.17, 15) is 18.4 Å². The summed E-state index contributed by atoms with van der Waals surface area (Å²) in [6.07, 6.45) is 1.88. The maximum atomic E-state index is 14.4. The van der Waals surface area contributed by atoms with E-state index in [2.05, 4.69) is 0 Å². The molecule has 0 aliphatic carbocycles. The van der Waals surface area contributed by atoms with Gasteiger partial charge in [0.1, 0.15) is 5.75 Å². The average Bonchev–Trinajstić information content (AvgIpc) is 2.99. The van der Waals surface area contributed by atoms with Gasteiger partial charge in [-0.25, -0.2) is 0 Å². The summed E-state index contributed by atoms with van der Waals surface area (Å²) in [4.78, 5) is 23.9. The number of methoxy groups -OCH3 is 1. The molecule has 7 heteroatoms. The minimum absolute atomic E-state index is 0.0432. The lowest BCUT2D eigenvalue weighted by Gasteiger charge is -2.24. The van der Waals surface area contributed by atoms with Crippen LogP contribution in [0.2, 0.25) is 5.02 Å². The number of nitrogens with zero attached hydrogens (tertiary/aromatic N) is 1. The Morgan fingerprint density at radius 3 is 2.52 bits per heavy atom. The minimum Gasteiger partial charge on any atom is -0.496 e. The van der Waals surface area contributed by atoms with Crippen LogP contribution in [0.3, 0.4) is 0 Å². The van der Waals surface area contributed by atoms with Crippen molar-refractivity contribution in [3.8, 4) is 5.75 Å². The molecule has 1 fully saturated rings. The van der Waals surface area contributed by atoms with Crippen molar-refractivity contribution in [1.29, 1.82) is 0 Å². The Balaban J connectivity index is 2.43. The minimum atomic E-state index is -3.75. The van der Waals surface area contributed by atoms with Crippen LogP contribution in [0.15, 0.2) is 12.1 Å². The molecule has 0 spiro atoms. The first-order valence-electron chi connectivity index (χ1n) is 6.42. The standard InChI is InChI=1S/C14H14ClF2NO3/c1-21-12-7-10(11(15)6-9(12)8-19)14(16,17)13(20)18-4-2-3-5-18/h6-8H,2-5H2,1H3. The van der Waals surface area contributed by atoms with Crippen molar-refractivity contribution in [1.82, 2.24) is 4.90 Å². The normalized spacial score (nSPS) is 15.1. The number of halogens is 3. The first kappa shape index (κ1) is 15.7. The molecule has 1 aromatic carbocycles. The molecule has 0 aromatic heterocycles. The fourth-order valence-electron chi connectivity index (χ4n) is 2.31. The maximum Gasteiger partial charge on any atom is 0.351 e. The van der Waals surface area contributed by atoms with E-state index < -0.39 is 17.4 Å². The van der Waals surface area contributed by atoms with Crippen molar-refractivity contribution in [2.24, 2.45) is 0 Å². The monoisotopic (exact) mass is 317 g/mol. The first-order valence-corrected chi connectivity index (χ1v) is 6.80. The smallest absolute Gasteiger partial charge is 0.351 e. The Morgan fingerprint density at radius 2 is 2.00 bits per heavy atom. The highest BCUT2D eigenvalue weighted by Gasteiger charge is 2.46. The van der Waals surface area contributed by atoms with Gasteiger partial charge in [0.25, 0.3) is 5.91 Å². The number of amides is 1. The van der Waals surface area contributed by atoms with Crippen molar-refractivity contribution in [3.63, 3.8) is 0 Å². The number of likely N-dealkylation sites (tertiary alicyclic amines) is 1. The lowest BCUT2D eigenvalue weighted by atomic mass is 10.0. The zero-order valence-electron chi connectivity index (χ0n) is 11.4. The Morgan fingerprint density at radius 1 is 1.38 bits per heavy atom. The van der Waals surface area contributed by atoms with Gasteiger partial charge in [-0.1, -0.05) is 11.6 Å². The molecule has 0 N–H and O–H groups in total. The largest absolute Gasteiger partial charge is 0.496 e. The maximum absolute atomic E-state index is 14.4. The fourth-order valence-corrected chi connectivity index (χ4v) is 2.60. The quantitative estimate of drug-likeness (QED) is 0.802. The second-order valence-corrected chi connectivity index (χ2v) is 5.17. The average molecular weight is 318 g/mol. The van der Waals surface area contributed by atoms with Gasteiger partial charge in [0.15, 0.2) is 6.29 Å². The molecule has 114 valence electrons. The highest BCUT2D eigenvalue weighted by Crippen LogP contribution is 2.39. The second kappa shape index (κ2) is 5.97. The summed E-state index contributed by atoms with van der Waals surface area (Å²) in [5.41, 5.74) is -0.598. The number of ether oxygens (including phenoxy) is 1. The molecule has 1 aromatic rings. The van der Waals surface area contributed by atoms with E-state index in [1.54, 1.807) is 0 Å². The van der Waals surface area contributed by atoms with Crippen LogP contribution >= 0.6 is 11.6 Å². The third-order valence-corrected chi connectivity index (χ3v) is 3.76. The Kier molecular flexibility index (Phi) is 4.46. The van der Waals surface area contributed by atoms with E-state index >= 15 is 0 Å². The predicted octanol–water partition coefficient (Wildman–Crippen LogP) is 2.88. The van der Waals surface area contributed by atoms with Crippen LogP contribution in [0.1, 0.15) is 28.8 Å². The summed E-state index contributed by atoms with van der Waals surface area (Å²) >= 11 is 5.81. The van der Waals surface area contributed by atoms with Gasteiger partial charge >= 0.3 is 5.92 Å². The van der Waals surface area contributed by atoms with E-state index in [0.717, 1.165) is 17.0 Å². The molecule has 0 unspecified atom stereocenters.